The summed E-state index contributed by atoms with van der Waals surface area (Å²) in [7, 11) is 0. The lowest BCUT2D eigenvalue weighted by atomic mass is 10.1. The van der Waals surface area contributed by atoms with E-state index < -0.39 is 0 Å². The van der Waals surface area contributed by atoms with E-state index in [0.29, 0.717) is 11.6 Å². The number of aromatic nitrogens is 3. The van der Waals surface area contributed by atoms with Gasteiger partial charge in [0.15, 0.2) is 5.78 Å². The molecule has 0 amide bonds. The highest BCUT2D eigenvalue weighted by atomic mass is 32.2. The highest BCUT2D eigenvalue weighted by Crippen LogP contribution is 2.37. The number of carbonyl (C=O) groups is 1. The summed E-state index contributed by atoms with van der Waals surface area (Å²) in [5, 5.41) is 13.2. The highest BCUT2D eigenvalue weighted by Gasteiger charge is 2.32. The van der Waals surface area contributed by atoms with E-state index in [0.717, 1.165) is 32.3 Å². The first-order valence-electron chi connectivity index (χ1n) is 8.41. The van der Waals surface area contributed by atoms with Crippen LogP contribution in [0, 0.1) is 0 Å². The Balaban J connectivity index is 1.50. The van der Waals surface area contributed by atoms with Gasteiger partial charge in [0.1, 0.15) is 11.4 Å². The second-order valence-electron chi connectivity index (χ2n) is 6.08. The molecule has 4 nitrogen and oxygen atoms in total. The first-order chi connectivity index (χ1) is 13.3. The van der Waals surface area contributed by atoms with Gasteiger partial charge in [0, 0.05) is 5.56 Å². The van der Waals surface area contributed by atoms with Crippen LogP contribution in [0.25, 0.3) is 21.1 Å². The molecule has 4 aromatic rings. The second-order valence-corrected chi connectivity index (χ2v) is 9.14. The van der Waals surface area contributed by atoms with Crippen molar-refractivity contribution in [3.8, 4) is 21.1 Å². The molecule has 0 spiro atoms. The van der Waals surface area contributed by atoms with Crippen molar-refractivity contribution in [2.75, 3.05) is 0 Å². The molecule has 0 unspecified atom stereocenters. The van der Waals surface area contributed by atoms with Gasteiger partial charge in [0.05, 0.1) is 15.0 Å². The summed E-state index contributed by atoms with van der Waals surface area (Å²) in [5.74, 6) is 0.152. The summed E-state index contributed by atoms with van der Waals surface area (Å²) in [6.07, 6.45) is 0.712. The molecule has 132 valence electrons. The SMILES string of the molecule is O=C1c2ccccc2C[C@@H]1Sc1nnc(-c2cccs2)c(-c2cccs2)n1. The quantitative estimate of drug-likeness (QED) is 0.464. The molecule has 0 aliphatic heterocycles. The average molecular weight is 408 g/mol. The molecule has 0 N–H and O–H groups in total. The molecule has 0 bridgehead atoms. The van der Waals surface area contributed by atoms with Crippen LogP contribution in [0.5, 0.6) is 0 Å². The van der Waals surface area contributed by atoms with Crippen LogP contribution in [-0.4, -0.2) is 26.2 Å². The van der Waals surface area contributed by atoms with Gasteiger partial charge in [-0.05, 0) is 34.9 Å². The predicted molar refractivity (Wildman–Crippen MR) is 111 cm³/mol. The summed E-state index contributed by atoms with van der Waals surface area (Å²) >= 11 is 4.65. The summed E-state index contributed by atoms with van der Waals surface area (Å²) in [4.78, 5) is 19.6. The Morgan fingerprint density at radius 2 is 1.63 bits per heavy atom. The first kappa shape index (κ1) is 16.8. The van der Waals surface area contributed by atoms with Gasteiger partial charge in [-0.3, -0.25) is 4.79 Å². The molecule has 7 heteroatoms. The van der Waals surface area contributed by atoms with Crippen molar-refractivity contribution in [2.24, 2.45) is 0 Å². The van der Waals surface area contributed by atoms with Gasteiger partial charge in [0.2, 0.25) is 5.16 Å². The van der Waals surface area contributed by atoms with Crippen LogP contribution in [-0.2, 0) is 6.42 Å². The number of hydrogen-bond acceptors (Lipinski definition) is 7. The fraction of sp³-hybridized carbons (Fsp3) is 0.100. The number of nitrogens with zero attached hydrogens (tertiary/aromatic N) is 3. The van der Waals surface area contributed by atoms with Crippen LogP contribution < -0.4 is 0 Å². The Morgan fingerprint density at radius 3 is 2.33 bits per heavy atom. The topological polar surface area (TPSA) is 55.7 Å². The van der Waals surface area contributed by atoms with E-state index in [9.17, 15) is 4.79 Å². The van der Waals surface area contributed by atoms with Crippen LogP contribution >= 0.6 is 34.4 Å². The number of thiophene rings is 2. The lowest BCUT2D eigenvalue weighted by Gasteiger charge is -2.09. The number of hydrogen-bond donors (Lipinski definition) is 0. The zero-order valence-corrected chi connectivity index (χ0v) is 16.5. The summed E-state index contributed by atoms with van der Waals surface area (Å²) in [6, 6.07) is 15.9. The molecular weight excluding hydrogens is 394 g/mol. The zero-order valence-electron chi connectivity index (χ0n) is 14.0. The maximum Gasteiger partial charge on any atom is 0.210 e. The Morgan fingerprint density at radius 1 is 0.889 bits per heavy atom. The molecule has 0 radical (unpaired) electrons. The van der Waals surface area contributed by atoms with Gasteiger partial charge in [-0.25, -0.2) is 4.98 Å². The molecule has 3 heterocycles. The van der Waals surface area contributed by atoms with Crippen LogP contribution in [0.3, 0.4) is 0 Å². The van der Waals surface area contributed by atoms with E-state index >= 15 is 0 Å². The third-order valence-electron chi connectivity index (χ3n) is 4.40. The van der Waals surface area contributed by atoms with Gasteiger partial charge in [-0.2, -0.15) is 0 Å². The standard InChI is InChI=1S/C20H13N3OS3/c24-19-13-6-2-1-5-12(13)11-16(19)27-20-21-17(14-7-3-9-25-14)18(22-23-20)15-8-4-10-26-15/h1-10,16H,11H2/t16-/m0/s1. The van der Waals surface area contributed by atoms with Gasteiger partial charge < -0.3 is 0 Å². The van der Waals surface area contributed by atoms with Crippen molar-refractivity contribution >= 4 is 40.2 Å². The van der Waals surface area contributed by atoms with E-state index in [1.165, 1.54) is 11.8 Å². The van der Waals surface area contributed by atoms with Gasteiger partial charge in [-0.1, -0.05) is 48.2 Å². The van der Waals surface area contributed by atoms with Crippen LogP contribution in [0.4, 0.5) is 0 Å². The minimum Gasteiger partial charge on any atom is -0.293 e. The van der Waals surface area contributed by atoms with Crippen LogP contribution in [0.2, 0.25) is 0 Å². The number of carbonyl (C=O) groups excluding carboxylic acids is 1. The second kappa shape index (κ2) is 6.99. The monoisotopic (exact) mass is 407 g/mol. The lowest BCUT2D eigenvalue weighted by Crippen LogP contribution is -2.12. The lowest BCUT2D eigenvalue weighted by molar-refractivity contribution is 0.1000. The molecule has 1 aliphatic rings. The predicted octanol–water partition coefficient (Wildman–Crippen LogP) is 5.23. The average Bonchev–Trinajstić information content (AvgIpc) is 3.45. The molecule has 3 aromatic heterocycles. The Hall–Kier alpha value is -2.35. The molecule has 0 fully saturated rings. The third-order valence-corrected chi connectivity index (χ3v) is 7.21. The van der Waals surface area contributed by atoms with Crippen molar-refractivity contribution in [1.29, 1.82) is 0 Å². The van der Waals surface area contributed by atoms with Crippen molar-refractivity contribution in [3.63, 3.8) is 0 Å². The van der Waals surface area contributed by atoms with Crippen LogP contribution in [0.15, 0.2) is 64.4 Å². The van der Waals surface area contributed by atoms with Crippen molar-refractivity contribution < 1.29 is 4.79 Å². The summed E-state index contributed by atoms with van der Waals surface area (Å²) < 4.78 is 0. The van der Waals surface area contributed by atoms with Gasteiger partial charge in [-0.15, -0.1) is 32.9 Å². The minimum atomic E-state index is -0.187. The molecule has 1 aliphatic carbocycles. The number of rotatable bonds is 4. The maximum absolute atomic E-state index is 12.7. The maximum atomic E-state index is 12.7. The summed E-state index contributed by atoms with van der Waals surface area (Å²) in [5.41, 5.74) is 3.53. The van der Waals surface area contributed by atoms with E-state index in [1.54, 1.807) is 22.7 Å². The first-order valence-corrected chi connectivity index (χ1v) is 11.0. The number of thioether (sulfide) groups is 1. The third kappa shape index (κ3) is 3.12. The Bertz CT molecular complexity index is 1110. The number of benzene rings is 1. The van der Waals surface area contributed by atoms with E-state index in [4.69, 9.17) is 4.98 Å². The fourth-order valence-electron chi connectivity index (χ4n) is 3.15. The molecular formula is C20H13N3OS3. The fourth-order valence-corrected chi connectivity index (χ4v) is 5.56. The number of ketones is 1. The molecule has 0 saturated heterocycles. The molecule has 5 rings (SSSR count). The van der Waals surface area contributed by atoms with Crippen molar-refractivity contribution in [2.45, 2.75) is 16.8 Å². The molecule has 1 aromatic carbocycles. The Labute approximate surface area is 168 Å². The highest BCUT2D eigenvalue weighted by molar-refractivity contribution is 8.00. The number of Topliss-reactive ketones (excluding diaryl/α,β-unsaturated/α-hetero) is 1. The van der Waals surface area contributed by atoms with Crippen molar-refractivity contribution in [3.05, 3.63) is 70.4 Å². The van der Waals surface area contributed by atoms with E-state index in [-0.39, 0.29) is 11.0 Å². The minimum absolute atomic E-state index is 0.152. The normalized spacial score (nSPS) is 15.9. The summed E-state index contributed by atoms with van der Waals surface area (Å²) in [6.45, 7) is 0. The largest absolute Gasteiger partial charge is 0.293 e. The zero-order chi connectivity index (χ0) is 18.2. The van der Waals surface area contributed by atoms with E-state index in [1.807, 2.05) is 59.3 Å². The van der Waals surface area contributed by atoms with Gasteiger partial charge in [0.25, 0.3) is 0 Å². The molecule has 1 atom stereocenters. The van der Waals surface area contributed by atoms with Gasteiger partial charge >= 0.3 is 0 Å². The van der Waals surface area contributed by atoms with Crippen LogP contribution in [0.1, 0.15) is 15.9 Å². The Kier molecular flexibility index (Phi) is 4.35. The molecule has 27 heavy (non-hydrogen) atoms. The number of fused-ring (bicyclic) bond motifs is 1. The smallest absolute Gasteiger partial charge is 0.210 e. The van der Waals surface area contributed by atoms with E-state index in [2.05, 4.69) is 10.2 Å². The van der Waals surface area contributed by atoms with Crippen molar-refractivity contribution in [1.82, 2.24) is 15.2 Å². The molecule has 0 saturated carbocycles.